The highest BCUT2D eigenvalue weighted by Gasteiger charge is 2.47. The van der Waals surface area contributed by atoms with Crippen LogP contribution in [0.4, 0.5) is 25.0 Å². The SMILES string of the molecule is C[N+]1=C2C=NC=CC2C(=O)N(c2ccc(C[C@H](NC(=O)c3c(F)cc(NS(=O)(=O)c4ccc(-n5cncn5)cn4)cc3F)C(=O)O)cc2)C1=O. The van der Waals surface area contributed by atoms with Crippen molar-refractivity contribution in [1.82, 2.24) is 25.1 Å². The van der Waals surface area contributed by atoms with Crippen LogP contribution in [0.5, 0.6) is 0 Å². The van der Waals surface area contributed by atoms with Gasteiger partial charge < -0.3 is 10.4 Å². The summed E-state index contributed by atoms with van der Waals surface area (Å²) in [4.78, 5) is 63.5. The molecule has 2 aromatic heterocycles. The maximum Gasteiger partial charge on any atom is 0.506 e. The lowest BCUT2D eigenvalue weighted by Crippen LogP contribution is -2.54. The number of hydrogen-bond acceptors (Lipinski definition) is 10. The third kappa shape index (κ3) is 6.48. The number of carboxylic acid groups (broad SMARTS) is 1. The largest absolute Gasteiger partial charge is 0.506 e. The normalized spacial score (nSPS) is 16.3. The first-order valence-corrected chi connectivity index (χ1v) is 16.0. The first-order valence-electron chi connectivity index (χ1n) is 14.5. The molecule has 0 spiro atoms. The Morgan fingerprint density at radius 1 is 1.06 bits per heavy atom. The first-order chi connectivity index (χ1) is 23.8. The molecule has 2 aliphatic heterocycles. The molecular weight excluding hydrogens is 680 g/mol. The highest BCUT2D eigenvalue weighted by molar-refractivity contribution is 7.92. The minimum Gasteiger partial charge on any atom is -0.480 e. The van der Waals surface area contributed by atoms with Crippen molar-refractivity contribution in [3.63, 3.8) is 0 Å². The van der Waals surface area contributed by atoms with E-state index in [1.807, 2.05) is 4.72 Å². The average molecular weight is 705 g/mol. The second kappa shape index (κ2) is 13.2. The van der Waals surface area contributed by atoms with E-state index in [9.17, 15) is 32.7 Å². The number of nitrogens with one attached hydrogen (secondary N) is 2. The van der Waals surface area contributed by atoms with Gasteiger partial charge in [-0.3, -0.25) is 14.5 Å². The third-order valence-corrected chi connectivity index (χ3v) is 8.98. The van der Waals surface area contributed by atoms with Crippen LogP contribution in [0, 0.1) is 17.6 Å². The lowest BCUT2D eigenvalue weighted by molar-refractivity contribution is -0.392. The third-order valence-electron chi connectivity index (χ3n) is 7.68. The number of rotatable bonds is 10. The number of halogens is 2. The van der Waals surface area contributed by atoms with Gasteiger partial charge in [-0.15, -0.1) is 4.90 Å². The Hall–Kier alpha value is -6.50. The van der Waals surface area contributed by atoms with Crippen LogP contribution in [0.1, 0.15) is 15.9 Å². The molecule has 2 aromatic carbocycles. The predicted molar refractivity (Wildman–Crippen MR) is 171 cm³/mol. The Morgan fingerprint density at radius 3 is 2.38 bits per heavy atom. The standard InChI is InChI=1S/C31H23F2N9O7S/c1-40-25-14-34-9-8-21(25)29(44)42(31(40)47)19-4-2-17(3-5-19)10-24(30(45)46)38-28(43)27-22(32)11-18(12-23(27)33)39-50(48,49)26-7-6-20(13-36-26)41-16-35-15-37-41/h2-9,11-16,21,24H,10H2,1H3,(H2-,38,39,43,45,46)/p+1/t21?,24-/m0/s1. The van der Waals surface area contributed by atoms with E-state index in [0.717, 1.165) is 11.0 Å². The Morgan fingerprint density at radius 2 is 1.76 bits per heavy atom. The van der Waals surface area contributed by atoms with E-state index in [1.54, 1.807) is 6.08 Å². The fraction of sp³-hybridized carbons (Fsp3) is 0.129. The van der Waals surface area contributed by atoms with E-state index in [1.165, 1.54) is 77.9 Å². The second-order valence-corrected chi connectivity index (χ2v) is 12.5. The summed E-state index contributed by atoms with van der Waals surface area (Å²) in [5, 5.41) is 15.3. The predicted octanol–water partition coefficient (Wildman–Crippen LogP) is 1.93. The van der Waals surface area contributed by atoms with Gasteiger partial charge in [-0.2, -0.15) is 22.9 Å². The zero-order chi connectivity index (χ0) is 35.7. The molecule has 0 bridgehead atoms. The maximum absolute atomic E-state index is 15.1. The number of fused-ring (bicyclic) bond motifs is 1. The van der Waals surface area contributed by atoms with E-state index >= 15 is 8.78 Å². The molecule has 0 aliphatic carbocycles. The van der Waals surface area contributed by atoms with Crippen molar-refractivity contribution >= 4 is 57.1 Å². The number of amides is 4. The summed E-state index contributed by atoms with van der Waals surface area (Å²) in [7, 11) is -2.92. The number of hydrogen-bond donors (Lipinski definition) is 3. The molecule has 2 aliphatic rings. The Labute approximate surface area is 281 Å². The summed E-state index contributed by atoms with van der Waals surface area (Å²) in [5.41, 5.74) is -0.336. The lowest BCUT2D eigenvalue weighted by Gasteiger charge is -2.24. The van der Waals surface area contributed by atoms with Crippen molar-refractivity contribution in [2.75, 3.05) is 16.7 Å². The minimum absolute atomic E-state index is 0.209. The van der Waals surface area contributed by atoms with Crippen molar-refractivity contribution < 1.29 is 46.1 Å². The average Bonchev–Trinajstić information content (AvgIpc) is 3.63. The van der Waals surface area contributed by atoms with Crippen LogP contribution in [0.15, 0.2) is 89.7 Å². The van der Waals surface area contributed by atoms with Crippen LogP contribution in [-0.4, -0.2) is 86.7 Å². The monoisotopic (exact) mass is 704 g/mol. The van der Waals surface area contributed by atoms with E-state index < -0.39 is 73.7 Å². The minimum atomic E-state index is -4.42. The molecule has 2 atom stereocenters. The number of sulfonamides is 1. The quantitative estimate of drug-likeness (QED) is 0.204. The lowest BCUT2D eigenvalue weighted by atomic mass is 9.97. The summed E-state index contributed by atoms with van der Waals surface area (Å²) in [6.45, 7) is 0. The summed E-state index contributed by atoms with van der Waals surface area (Å²) < 4.78 is 60.3. The first kappa shape index (κ1) is 33.4. The number of pyridine rings is 1. The van der Waals surface area contributed by atoms with Crippen LogP contribution in [-0.2, 0) is 26.0 Å². The fourth-order valence-electron chi connectivity index (χ4n) is 5.18. The number of carboxylic acids is 1. The molecule has 3 N–H and O–H groups in total. The van der Waals surface area contributed by atoms with Gasteiger partial charge in [-0.1, -0.05) is 12.1 Å². The molecule has 1 unspecified atom stereocenters. The van der Waals surface area contributed by atoms with E-state index in [4.69, 9.17) is 0 Å². The highest BCUT2D eigenvalue weighted by atomic mass is 32.2. The topological polar surface area (TPSA) is 209 Å². The highest BCUT2D eigenvalue weighted by Crippen LogP contribution is 2.26. The van der Waals surface area contributed by atoms with Crippen LogP contribution < -0.4 is 14.9 Å². The molecule has 0 radical (unpaired) electrons. The maximum atomic E-state index is 15.1. The van der Waals surface area contributed by atoms with Crippen LogP contribution in [0.2, 0.25) is 0 Å². The van der Waals surface area contributed by atoms with E-state index in [2.05, 4.69) is 25.4 Å². The number of carbonyl (C=O) groups excluding carboxylic acids is 3. The number of carbonyl (C=O) groups is 4. The van der Waals surface area contributed by atoms with Gasteiger partial charge in [0.1, 0.15) is 53.2 Å². The van der Waals surface area contributed by atoms with Crippen LogP contribution in [0.25, 0.3) is 5.69 Å². The molecule has 0 saturated heterocycles. The molecule has 0 fully saturated rings. The zero-order valence-electron chi connectivity index (χ0n) is 25.6. The van der Waals surface area contributed by atoms with Gasteiger partial charge in [-0.05, 0) is 48.0 Å². The number of benzene rings is 2. The Balaban J connectivity index is 1.14. The molecule has 0 saturated carbocycles. The van der Waals surface area contributed by atoms with Gasteiger partial charge in [0.05, 0.1) is 30.8 Å². The molecule has 16 nitrogen and oxygen atoms in total. The molecule has 4 aromatic rings. The summed E-state index contributed by atoms with van der Waals surface area (Å²) >= 11 is 0. The number of aromatic nitrogens is 4. The molecule has 50 heavy (non-hydrogen) atoms. The van der Waals surface area contributed by atoms with Gasteiger partial charge in [0, 0.05) is 12.6 Å². The summed E-state index contributed by atoms with van der Waals surface area (Å²) in [6, 6.07) is 7.08. The van der Waals surface area contributed by atoms with Crippen LogP contribution in [0.3, 0.4) is 0 Å². The Bertz CT molecular complexity index is 2220. The van der Waals surface area contributed by atoms with E-state index in [-0.39, 0.29) is 12.1 Å². The van der Waals surface area contributed by atoms with Gasteiger partial charge in [0.15, 0.2) is 5.03 Å². The number of urea groups is 1. The molecule has 254 valence electrons. The van der Waals surface area contributed by atoms with Crippen molar-refractivity contribution in [2.45, 2.75) is 17.5 Å². The van der Waals surface area contributed by atoms with Crippen molar-refractivity contribution in [1.29, 1.82) is 0 Å². The number of imide groups is 1. The molecule has 6 rings (SSSR count). The molecule has 19 heteroatoms. The van der Waals surface area contributed by atoms with Gasteiger partial charge in [0.2, 0.25) is 0 Å². The number of aliphatic imine (C=N–C) groups is 1. The van der Waals surface area contributed by atoms with Gasteiger partial charge in [-0.25, -0.2) is 33.0 Å². The summed E-state index contributed by atoms with van der Waals surface area (Å²) in [6.07, 6.45) is 7.92. The summed E-state index contributed by atoms with van der Waals surface area (Å²) in [5.74, 6) is -7.10. The zero-order valence-corrected chi connectivity index (χ0v) is 26.5. The smallest absolute Gasteiger partial charge is 0.480 e. The van der Waals surface area contributed by atoms with Crippen LogP contribution >= 0.6 is 0 Å². The van der Waals surface area contributed by atoms with E-state index in [0.29, 0.717) is 29.1 Å². The fourth-order valence-corrected chi connectivity index (χ4v) is 6.15. The van der Waals surface area contributed by atoms with Gasteiger partial charge >= 0.3 is 17.9 Å². The molecule has 4 heterocycles. The Kier molecular flexibility index (Phi) is 8.81. The number of nitrogens with zero attached hydrogens (tertiary/aromatic N) is 7. The number of aliphatic carboxylic acids is 1. The number of anilines is 2. The molecular formula is C31H24F2N9O7S+. The van der Waals surface area contributed by atoms with Crippen molar-refractivity contribution in [3.05, 3.63) is 102 Å². The van der Waals surface area contributed by atoms with Gasteiger partial charge in [0.25, 0.3) is 15.9 Å². The van der Waals surface area contributed by atoms with Crippen molar-refractivity contribution in [3.8, 4) is 5.69 Å². The second-order valence-electron chi connectivity index (χ2n) is 10.9. The molecule has 4 amide bonds. The van der Waals surface area contributed by atoms with Crippen molar-refractivity contribution in [2.24, 2.45) is 10.9 Å².